The van der Waals surface area contributed by atoms with Crippen LogP contribution in [0.25, 0.3) is 0 Å². The summed E-state index contributed by atoms with van der Waals surface area (Å²) in [6, 6.07) is 5.12. The topological polar surface area (TPSA) is 70.6 Å². The zero-order valence-corrected chi connectivity index (χ0v) is 10.7. The Kier molecular flexibility index (Phi) is 5.32. The molecule has 4 nitrogen and oxygen atoms in total. The first kappa shape index (κ1) is 16.2. The lowest BCUT2D eigenvalue weighted by atomic mass is 10.0. The van der Waals surface area contributed by atoms with Crippen molar-refractivity contribution >= 4 is 5.84 Å². The Bertz CT molecular complexity index is 476. The fourth-order valence-electron chi connectivity index (χ4n) is 1.69. The monoisotopic (exact) mass is 293 g/mol. The third-order valence-electron chi connectivity index (χ3n) is 2.87. The molecule has 0 amide bonds. The first-order valence-electron chi connectivity index (χ1n) is 5.79. The minimum atomic E-state index is -4.65. The number of alkyl halides is 3. The maximum absolute atomic E-state index is 13.5. The molecule has 0 bridgehead atoms. The highest BCUT2D eigenvalue weighted by Gasteiger charge is 2.42. The SMILES string of the molecule is C[C@@H](NCC(/C(N)=N/O)C(F)(F)F)c1ccccc1F. The Balaban J connectivity index is 2.76. The van der Waals surface area contributed by atoms with Gasteiger partial charge in [0.1, 0.15) is 11.7 Å². The highest BCUT2D eigenvalue weighted by Crippen LogP contribution is 2.27. The number of benzene rings is 1. The van der Waals surface area contributed by atoms with E-state index in [-0.39, 0.29) is 5.56 Å². The summed E-state index contributed by atoms with van der Waals surface area (Å²) >= 11 is 0. The lowest BCUT2D eigenvalue weighted by Gasteiger charge is -2.22. The van der Waals surface area contributed by atoms with Crippen LogP contribution in [0.15, 0.2) is 29.4 Å². The van der Waals surface area contributed by atoms with Crippen molar-refractivity contribution in [2.75, 3.05) is 6.54 Å². The van der Waals surface area contributed by atoms with Gasteiger partial charge in [-0.1, -0.05) is 23.4 Å². The van der Waals surface area contributed by atoms with Crippen LogP contribution < -0.4 is 11.1 Å². The fourth-order valence-corrected chi connectivity index (χ4v) is 1.69. The average molecular weight is 293 g/mol. The zero-order chi connectivity index (χ0) is 15.3. The van der Waals surface area contributed by atoms with Gasteiger partial charge in [0.25, 0.3) is 0 Å². The molecule has 2 atom stereocenters. The maximum atomic E-state index is 13.5. The molecule has 0 heterocycles. The number of nitrogens with one attached hydrogen (secondary N) is 1. The van der Waals surface area contributed by atoms with Crippen LogP contribution in [0, 0.1) is 11.7 Å². The summed E-state index contributed by atoms with van der Waals surface area (Å²) < 4.78 is 51.6. The van der Waals surface area contributed by atoms with E-state index in [4.69, 9.17) is 10.9 Å². The summed E-state index contributed by atoms with van der Waals surface area (Å²) in [4.78, 5) is 0. The predicted octanol–water partition coefficient (Wildman–Crippen LogP) is 2.40. The third-order valence-corrected chi connectivity index (χ3v) is 2.87. The molecule has 0 aliphatic rings. The second kappa shape index (κ2) is 6.56. The largest absolute Gasteiger partial charge is 0.409 e. The molecular formula is C12H15F4N3O. The fraction of sp³-hybridized carbons (Fsp3) is 0.417. The van der Waals surface area contributed by atoms with E-state index in [0.29, 0.717) is 0 Å². The zero-order valence-electron chi connectivity index (χ0n) is 10.7. The van der Waals surface area contributed by atoms with Crippen molar-refractivity contribution in [2.24, 2.45) is 16.8 Å². The molecule has 0 saturated carbocycles. The van der Waals surface area contributed by atoms with Crippen LogP contribution in [0.2, 0.25) is 0 Å². The van der Waals surface area contributed by atoms with Crippen LogP contribution in [0.3, 0.4) is 0 Å². The molecule has 8 heteroatoms. The van der Waals surface area contributed by atoms with Gasteiger partial charge >= 0.3 is 6.18 Å². The standard InChI is InChI=1S/C12H15F4N3O/c1-7(8-4-2-3-5-10(8)13)18-6-9(11(17)19-20)12(14,15)16/h2-5,7,9,18,20H,6H2,1H3,(H2,17,19)/t7-,9?/m1/s1. The van der Waals surface area contributed by atoms with Gasteiger partial charge in [-0.15, -0.1) is 0 Å². The number of nitrogens with zero attached hydrogens (tertiary/aromatic N) is 1. The van der Waals surface area contributed by atoms with Crippen LogP contribution in [0.5, 0.6) is 0 Å². The number of hydrogen-bond donors (Lipinski definition) is 3. The highest BCUT2D eigenvalue weighted by molar-refractivity contribution is 5.83. The number of nitrogens with two attached hydrogens (primary N) is 1. The molecule has 0 fully saturated rings. The Labute approximate surface area is 113 Å². The lowest BCUT2D eigenvalue weighted by Crippen LogP contribution is -2.43. The number of hydrogen-bond acceptors (Lipinski definition) is 3. The van der Waals surface area contributed by atoms with Crippen molar-refractivity contribution in [1.82, 2.24) is 5.32 Å². The summed E-state index contributed by atoms with van der Waals surface area (Å²) in [5, 5.41) is 13.3. The van der Waals surface area contributed by atoms with Crippen LogP contribution >= 0.6 is 0 Å². The third kappa shape index (κ3) is 4.09. The van der Waals surface area contributed by atoms with E-state index in [2.05, 4.69) is 10.5 Å². The minimum Gasteiger partial charge on any atom is -0.409 e. The van der Waals surface area contributed by atoms with E-state index in [0.717, 1.165) is 0 Å². The van der Waals surface area contributed by atoms with Gasteiger partial charge in [0.2, 0.25) is 0 Å². The van der Waals surface area contributed by atoms with E-state index < -0.39 is 36.3 Å². The molecule has 112 valence electrons. The molecule has 0 aliphatic carbocycles. The van der Waals surface area contributed by atoms with Gasteiger partial charge in [-0.25, -0.2) is 4.39 Å². The molecular weight excluding hydrogens is 278 g/mol. The Hall–Kier alpha value is -1.83. The number of oxime groups is 1. The number of rotatable bonds is 5. The molecule has 1 aromatic rings. The van der Waals surface area contributed by atoms with E-state index in [1.54, 1.807) is 6.07 Å². The first-order valence-corrected chi connectivity index (χ1v) is 5.79. The van der Waals surface area contributed by atoms with Gasteiger partial charge in [0.15, 0.2) is 5.84 Å². The molecule has 0 aliphatic heterocycles. The Morgan fingerprint density at radius 2 is 2.00 bits per heavy atom. The summed E-state index contributed by atoms with van der Waals surface area (Å²) in [7, 11) is 0. The van der Waals surface area contributed by atoms with E-state index in [9.17, 15) is 17.6 Å². The number of amidine groups is 1. The van der Waals surface area contributed by atoms with Crippen molar-refractivity contribution in [3.05, 3.63) is 35.6 Å². The summed E-state index contributed by atoms with van der Waals surface area (Å²) in [5.41, 5.74) is 5.27. The van der Waals surface area contributed by atoms with Crippen LogP contribution in [0.4, 0.5) is 17.6 Å². The first-order chi connectivity index (χ1) is 9.27. The summed E-state index contributed by atoms with van der Waals surface area (Å²) in [5.74, 6) is -3.59. The number of halogens is 4. The van der Waals surface area contributed by atoms with E-state index in [1.165, 1.54) is 25.1 Å². The van der Waals surface area contributed by atoms with Gasteiger partial charge in [-0.3, -0.25) is 0 Å². The minimum absolute atomic E-state index is 0.243. The smallest absolute Gasteiger partial charge is 0.400 e. The van der Waals surface area contributed by atoms with Crippen molar-refractivity contribution in [3.8, 4) is 0 Å². The molecule has 4 N–H and O–H groups in total. The summed E-state index contributed by atoms with van der Waals surface area (Å²) in [6.07, 6.45) is -4.65. The predicted molar refractivity (Wildman–Crippen MR) is 65.8 cm³/mol. The van der Waals surface area contributed by atoms with Crippen LogP contribution in [0.1, 0.15) is 18.5 Å². The van der Waals surface area contributed by atoms with Gasteiger partial charge < -0.3 is 16.3 Å². The normalized spacial score (nSPS) is 15.9. The van der Waals surface area contributed by atoms with E-state index in [1.807, 2.05) is 0 Å². The molecule has 0 radical (unpaired) electrons. The van der Waals surface area contributed by atoms with Crippen molar-refractivity contribution in [3.63, 3.8) is 0 Å². The summed E-state index contributed by atoms with van der Waals surface area (Å²) in [6.45, 7) is 0.910. The van der Waals surface area contributed by atoms with Gasteiger partial charge in [0, 0.05) is 18.2 Å². The molecule has 0 aromatic heterocycles. The second-order valence-electron chi connectivity index (χ2n) is 4.27. The molecule has 1 aromatic carbocycles. The van der Waals surface area contributed by atoms with Gasteiger partial charge in [-0.05, 0) is 13.0 Å². The van der Waals surface area contributed by atoms with Gasteiger partial charge in [0.05, 0.1) is 0 Å². The van der Waals surface area contributed by atoms with E-state index >= 15 is 0 Å². The highest BCUT2D eigenvalue weighted by atomic mass is 19.4. The van der Waals surface area contributed by atoms with Crippen LogP contribution in [-0.2, 0) is 0 Å². The van der Waals surface area contributed by atoms with Crippen molar-refractivity contribution in [2.45, 2.75) is 19.1 Å². The molecule has 1 rings (SSSR count). The van der Waals surface area contributed by atoms with Gasteiger partial charge in [-0.2, -0.15) is 13.2 Å². The average Bonchev–Trinajstić information content (AvgIpc) is 2.37. The quantitative estimate of drug-likeness (QED) is 0.257. The Morgan fingerprint density at radius 1 is 1.40 bits per heavy atom. The maximum Gasteiger partial charge on any atom is 0.400 e. The van der Waals surface area contributed by atoms with Crippen molar-refractivity contribution < 1.29 is 22.8 Å². The molecule has 0 spiro atoms. The Morgan fingerprint density at radius 3 is 2.50 bits per heavy atom. The second-order valence-corrected chi connectivity index (χ2v) is 4.27. The molecule has 1 unspecified atom stereocenters. The van der Waals surface area contributed by atoms with Crippen molar-refractivity contribution in [1.29, 1.82) is 0 Å². The van der Waals surface area contributed by atoms with Crippen LogP contribution in [-0.4, -0.2) is 23.8 Å². The molecule has 20 heavy (non-hydrogen) atoms. The molecule has 0 saturated heterocycles. The lowest BCUT2D eigenvalue weighted by molar-refractivity contribution is -0.155.